The maximum absolute atomic E-state index is 12.3. The molecule has 0 saturated heterocycles. The smallest absolute Gasteiger partial charge is 0.240 e. The van der Waals surface area contributed by atoms with Crippen LogP contribution < -0.4 is 10.5 Å². The number of hydrogen-bond acceptors (Lipinski definition) is 4. The van der Waals surface area contributed by atoms with Crippen LogP contribution in [0, 0.1) is 6.92 Å². The lowest BCUT2D eigenvalue weighted by Gasteiger charge is -2.22. The Balaban J connectivity index is 3.08. The Hall–Kier alpha value is -0.240. The summed E-state index contributed by atoms with van der Waals surface area (Å²) in [5.74, 6) is 0. The number of rotatable bonds is 5. The Kier molecular flexibility index (Phi) is 5.34. The molecule has 0 unspecified atom stereocenters. The molecule has 0 heterocycles. The van der Waals surface area contributed by atoms with Gasteiger partial charge in [0.15, 0.2) is 0 Å². The zero-order valence-corrected chi connectivity index (χ0v) is 14.7. The second-order valence-corrected chi connectivity index (χ2v) is 9.07. The number of nitrogens with one attached hydrogen (secondary N) is 1. The monoisotopic (exact) mass is 366 g/mol. The van der Waals surface area contributed by atoms with Crippen LogP contribution in [0.5, 0.6) is 0 Å². The third-order valence-corrected chi connectivity index (χ3v) is 6.13. The number of thioether (sulfide) groups is 1. The van der Waals surface area contributed by atoms with E-state index in [0.29, 0.717) is 22.3 Å². The predicted octanol–water partition coefficient (Wildman–Crippen LogP) is 2.76. The molecule has 19 heavy (non-hydrogen) atoms. The van der Waals surface area contributed by atoms with Gasteiger partial charge in [-0.15, -0.1) is 0 Å². The van der Waals surface area contributed by atoms with E-state index in [1.54, 1.807) is 30.8 Å². The van der Waals surface area contributed by atoms with Crippen molar-refractivity contribution < 1.29 is 8.42 Å². The van der Waals surface area contributed by atoms with E-state index in [0.717, 1.165) is 0 Å². The van der Waals surface area contributed by atoms with Gasteiger partial charge in [-0.25, -0.2) is 13.1 Å². The molecule has 0 aliphatic heterocycles. The van der Waals surface area contributed by atoms with Gasteiger partial charge in [-0.3, -0.25) is 0 Å². The molecular weight excluding hydrogens is 348 g/mol. The van der Waals surface area contributed by atoms with E-state index in [-0.39, 0.29) is 9.64 Å². The molecule has 0 spiro atoms. The van der Waals surface area contributed by atoms with Crippen molar-refractivity contribution in [3.05, 3.63) is 22.2 Å². The highest BCUT2D eigenvalue weighted by Gasteiger charge is 2.23. The number of hydrogen-bond donors (Lipinski definition) is 2. The quantitative estimate of drug-likeness (QED) is 0.785. The summed E-state index contributed by atoms with van der Waals surface area (Å²) in [7, 11) is -3.55. The van der Waals surface area contributed by atoms with E-state index in [2.05, 4.69) is 20.7 Å². The molecule has 0 aliphatic rings. The molecule has 0 radical (unpaired) electrons. The molecule has 1 rings (SSSR count). The normalized spacial score (nSPS) is 12.7. The summed E-state index contributed by atoms with van der Waals surface area (Å²) in [6, 6.07) is 3.26. The maximum atomic E-state index is 12.3. The van der Waals surface area contributed by atoms with Crippen molar-refractivity contribution >= 4 is 43.4 Å². The van der Waals surface area contributed by atoms with Crippen LogP contribution in [0.1, 0.15) is 19.4 Å². The molecule has 3 N–H and O–H groups in total. The lowest BCUT2D eigenvalue weighted by molar-refractivity contribution is 0.570. The SMILES string of the molecule is CSC(C)(C)CNS(=O)(=O)c1cc(Br)cc(N)c1C. The minimum Gasteiger partial charge on any atom is -0.398 e. The fourth-order valence-electron chi connectivity index (χ4n) is 1.37. The molecule has 0 amide bonds. The molecule has 0 bridgehead atoms. The summed E-state index contributed by atoms with van der Waals surface area (Å²) in [5.41, 5.74) is 6.82. The van der Waals surface area contributed by atoms with Gasteiger partial charge in [-0.05, 0) is 44.7 Å². The largest absolute Gasteiger partial charge is 0.398 e. The minimum absolute atomic E-state index is 0.154. The summed E-state index contributed by atoms with van der Waals surface area (Å²) in [4.78, 5) is 0.219. The van der Waals surface area contributed by atoms with Crippen LogP contribution in [-0.2, 0) is 10.0 Å². The molecule has 0 aromatic heterocycles. The molecule has 4 nitrogen and oxygen atoms in total. The molecule has 108 valence electrons. The van der Waals surface area contributed by atoms with Gasteiger partial charge in [0, 0.05) is 21.5 Å². The second-order valence-electron chi connectivity index (χ2n) is 4.91. The van der Waals surface area contributed by atoms with Crippen molar-refractivity contribution in [2.75, 3.05) is 18.5 Å². The Labute approximate surface area is 127 Å². The van der Waals surface area contributed by atoms with Gasteiger partial charge in [0.05, 0.1) is 4.90 Å². The fraction of sp³-hybridized carbons (Fsp3) is 0.500. The van der Waals surface area contributed by atoms with Crippen molar-refractivity contribution in [1.29, 1.82) is 0 Å². The Bertz CT molecular complexity index is 571. The summed E-state index contributed by atoms with van der Waals surface area (Å²) in [5, 5.41) is 0. The van der Waals surface area contributed by atoms with Gasteiger partial charge in [-0.1, -0.05) is 15.9 Å². The van der Waals surface area contributed by atoms with Crippen LogP contribution >= 0.6 is 27.7 Å². The van der Waals surface area contributed by atoms with Crippen molar-refractivity contribution in [3.8, 4) is 0 Å². The second kappa shape index (κ2) is 6.03. The Morgan fingerprint density at radius 3 is 2.53 bits per heavy atom. The molecule has 1 aromatic carbocycles. The zero-order chi connectivity index (χ0) is 14.8. The number of nitrogen functional groups attached to an aromatic ring is 1. The van der Waals surface area contributed by atoms with Crippen molar-refractivity contribution in [2.45, 2.75) is 30.4 Å². The van der Waals surface area contributed by atoms with Gasteiger partial charge >= 0.3 is 0 Å². The van der Waals surface area contributed by atoms with E-state index >= 15 is 0 Å². The van der Waals surface area contributed by atoms with Crippen LogP contribution in [0.3, 0.4) is 0 Å². The van der Waals surface area contributed by atoms with E-state index < -0.39 is 10.0 Å². The van der Waals surface area contributed by atoms with Crippen LogP contribution in [0.15, 0.2) is 21.5 Å². The van der Waals surface area contributed by atoms with E-state index in [1.165, 1.54) is 0 Å². The highest BCUT2D eigenvalue weighted by molar-refractivity contribution is 9.10. The molecule has 0 atom stereocenters. The summed E-state index contributed by atoms with van der Waals surface area (Å²) in [6.45, 7) is 6.04. The topological polar surface area (TPSA) is 72.2 Å². The molecule has 0 aliphatic carbocycles. The Morgan fingerprint density at radius 1 is 1.42 bits per heavy atom. The third kappa shape index (κ3) is 4.37. The van der Waals surface area contributed by atoms with Gasteiger partial charge < -0.3 is 5.73 Å². The first-order valence-corrected chi connectivity index (χ1v) is 9.19. The zero-order valence-electron chi connectivity index (χ0n) is 11.5. The molecule has 0 saturated carbocycles. The highest BCUT2D eigenvalue weighted by atomic mass is 79.9. The average Bonchev–Trinajstić information content (AvgIpc) is 2.31. The summed E-state index contributed by atoms with van der Waals surface area (Å²) < 4.78 is 27.8. The average molecular weight is 367 g/mol. The number of anilines is 1. The maximum Gasteiger partial charge on any atom is 0.240 e. The minimum atomic E-state index is -3.55. The summed E-state index contributed by atoms with van der Waals surface area (Å²) >= 11 is 4.88. The van der Waals surface area contributed by atoms with Crippen LogP contribution in [-0.4, -0.2) is 26.0 Å². The number of halogens is 1. The van der Waals surface area contributed by atoms with Crippen molar-refractivity contribution in [1.82, 2.24) is 4.72 Å². The molecule has 0 fully saturated rings. The molecule has 1 aromatic rings. The predicted molar refractivity (Wildman–Crippen MR) is 86.1 cm³/mol. The first kappa shape index (κ1) is 16.8. The van der Waals surface area contributed by atoms with E-state index in [9.17, 15) is 8.42 Å². The van der Waals surface area contributed by atoms with Crippen LogP contribution in [0.2, 0.25) is 0 Å². The first-order valence-electron chi connectivity index (χ1n) is 5.69. The third-order valence-electron chi connectivity index (χ3n) is 2.89. The van der Waals surface area contributed by atoms with Crippen molar-refractivity contribution in [2.24, 2.45) is 0 Å². The van der Waals surface area contributed by atoms with Crippen LogP contribution in [0.4, 0.5) is 5.69 Å². The van der Waals surface area contributed by atoms with Gasteiger partial charge in [0.1, 0.15) is 0 Å². The Morgan fingerprint density at radius 2 is 2.00 bits per heavy atom. The first-order chi connectivity index (χ1) is 8.59. The lowest BCUT2D eigenvalue weighted by atomic mass is 10.2. The van der Waals surface area contributed by atoms with E-state index in [1.807, 2.05) is 20.1 Å². The van der Waals surface area contributed by atoms with Gasteiger partial charge in [0.2, 0.25) is 10.0 Å². The standard InChI is InChI=1S/C12H19BrN2O2S2/c1-8-10(14)5-9(13)6-11(8)19(16,17)15-7-12(2,3)18-4/h5-6,15H,7,14H2,1-4H3. The number of nitrogens with two attached hydrogens (primary N) is 1. The van der Waals surface area contributed by atoms with E-state index in [4.69, 9.17) is 5.73 Å². The molecule has 7 heteroatoms. The van der Waals surface area contributed by atoms with Crippen molar-refractivity contribution in [3.63, 3.8) is 0 Å². The van der Waals surface area contributed by atoms with Gasteiger partial charge in [-0.2, -0.15) is 11.8 Å². The number of sulfonamides is 1. The fourth-order valence-corrected chi connectivity index (χ4v) is 3.82. The molecular formula is C12H19BrN2O2S2. The van der Waals surface area contributed by atoms with Crippen LogP contribution in [0.25, 0.3) is 0 Å². The van der Waals surface area contributed by atoms with Gasteiger partial charge in [0.25, 0.3) is 0 Å². The lowest BCUT2D eigenvalue weighted by Crippen LogP contribution is -2.36. The summed E-state index contributed by atoms with van der Waals surface area (Å²) in [6.07, 6.45) is 1.96. The highest BCUT2D eigenvalue weighted by Crippen LogP contribution is 2.27. The number of benzene rings is 1.